The minimum absolute atomic E-state index is 0.190. The molecule has 0 aliphatic heterocycles. The van der Waals surface area contributed by atoms with Gasteiger partial charge in [0.1, 0.15) is 11.7 Å². The molecule has 0 bridgehead atoms. The van der Waals surface area contributed by atoms with Gasteiger partial charge in [0.05, 0.1) is 11.3 Å². The number of nitrogens with two attached hydrogens (primary N) is 1. The van der Waals surface area contributed by atoms with E-state index in [1.807, 2.05) is 0 Å². The van der Waals surface area contributed by atoms with Gasteiger partial charge in [0.2, 0.25) is 0 Å². The summed E-state index contributed by atoms with van der Waals surface area (Å²) in [6, 6.07) is 10.3. The van der Waals surface area contributed by atoms with Gasteiger partial charge in [-0.2, -0.15) is 0 Å². The van der Waals surface area contributed by atoms with Gasteiger partial charge in [0, 0.05) is 5.56 Å². The fourth-order valence-electron chi connectivity index (χ4n) is 1.82. The number of carboxylic acid groups (broad SMARTS) is 1. The minimum Gasteiger partial charge on any atom is -0.478 e. The molecule has 0 unspecified atom stereocenters. The number of carbonyl (C=O) groups is 1. The first-order valence-electron chi connectivity index (χ1n) is 6.16. The first kappa shape index (κ1) is 14.7. The Kier molecular flexibility index (Phi) is 4.30. The normalized spacial score (nSPS) is 11.3. The van der Waals surface area contributed by atoms with Crippen LogP contribution in [0.5, 0.6) is 0 Å². The molecule has 0 amide bonds. The number of benzene rings is 2. The Balaban J connectivity index is 2.40. The third kappa shape index (κ3) is 3.43. The average molecular weight is 287 g/mol. The summed E-state index contributed by atoms with van der Waals surface area (Å²) in [6.07, 6.45) is 0. The largest absolute Gasteiger partial charge is 0.478 e. The molecule has 2 aromatic rings. The third-order valence-corrected chi connectivity index (χ3v) is 2.93. The smallest absolute Gasteiger partial charge is 0.335 e. The predicted molar refractivity (Wildman–Crippen MR) is 78.1 cm³/mol. The molecule has 5 nitrogen and oxygen atoms in total. The molecule has 4 N–H and O–H groups in total. The molecule has 0 aromatic heterocycles. The maximum absolute atomic E-state index is 12.9. The van der Waals surface area contributed by atoms with Crippen LogP contribution in [0, 0.1) is 12.7 Å². The lowest BCUT2D eigenvalue weighted by molar-refractivity contribution is 0.0697. The second kappa shape index (κ2) is 6.15. The van der Waals surface area contributed by atoms with E-state index in [0.29, 0.717) is 22.6 Å². The van der Waals surface area contributed by atoms with Crippen molar-refractivity contribution >= 4 is 17.5 Å². The van der Waals surface area contributed by atoms with Crippen LogP contribution in [0.3, 0.4) is 0 Å². The summed E-state index contributed by atoms with van der Waals surface area (Å²) in [5, 5.41) is 8.93. The monoisotopic (exact) mass is 287 g/mol. The van der Waals surface area contributed by atoms with E-state index < -0.39 is 5.97 Å². The Morgan fingerprint density at radius 2 is 1.81 bits per heavy atom. The van der Waals surface area contributed by atoms with Crippen molar-refractivity contribution in [3.63, 3.8) is 0 Å². The topological polar surface area (TPSA) is 87.7 Å². The lowest BCUT2D eigenvalue weighted by Gasteiger charge is -2.08. The van der Waals surface area contributed by atoms with Crippen LogP contribution in [-0.4, -0.2) is 16.9 Å². The average Bonchev–Trinajstić information content (AvgIpc) is 2.47. The molecule has 108 valence electrons. The van der Waals surface area contributed by atoms with Crippen LogP contribution in [0.2, 0.25) is 0 Å². The van der Waals surface area contributed by atoms with Gasteiger partial charge in [-0.1, -0.05) is 0 Å². The van der Waals surface area contributed by atoms with Crippen molar-refractivity contribution in [3.05, 3.63) is 65.0 Å². The number of hydrogen-bond acceptors (Lipinski definition) is 3. The molecule has 2 rings (SSSR count). The Morgan fingerprint density at radius 3 is 2.33 bits per heavy atom. The lowest BCUT2D eigenvalue weighted by Crippen LogP contribution is -2.30. The molecular weight excluding hydrogens is 273 g/mol. The van der Waals surface area contributed by atoms with Crippen molar-refractivity contribution in [3.8, 4) is 0 Å². The second-order valence-corrected chi connectivity index (χ2v) is 4.42. The van der Waals surface area contributed by atoms with Crippen LogP contribution in [-0.2, 0) is 0 Å². The molecule has 0 spiro atoms. The summed E-state index contributed by atoms with van der Waals surface area (Å²) in [5.41, 5.74) is 4.56. The van der Waals surface area contributed by atoms with Crippen LogP contribution >= 0.6 is 0 Å². The van der Waals surface area contributed by atoms with Crippen molar-refractivity contribution < 1.29 is 14.3 Å². The first-order chi connectivity index (χ1) is 10.0. The molecule has 0 heterocycles. The number of hydrazine groups is 1. The molecule has 21 heavy (non-hydrogen) atoms. The molecule has 0 aliphatic rings. The van der Waals surface area contributed by atoms with E-state index in [2.05, 4.69) is 10.4 Å². The van der Waals surface area contributed by atoms with Gasteiger partial charge in [-0.15, -0.1) is 0 Å². The first-order valence-corrected chi connectivity index (χ1v) is 6.16. The Bertz CT molecular complexity index is 697. The molecular formula is C15H14FN3O2. The maximum Gasteiger partial charge on any atom is 0.335 e. The zero-order valence-corrected chi connectivity index (χ0v) is 11.3. The molecule has 0 atom stereocenters. The molecule has 0 saturated heterocycles. The van der Waals surface area contributed by atoms with Crippen molar-refractivity contribution in [1.82, 2.24) is 5.43 Å². The zero-order valence-electron chi connectivity index (χ0n) is 11.3. The predicted octanol–water partition coefficient (Wildman–Crippen LogP) is 2.37. The lowest BCUT2D eigenvalue weighted by atomic mass is 10.1. The number of aliphatic imine (C=N–C) groups is 1. The number of hydrogen-bond donors (Lipinski definition) is 3. The SMILES string of the molecule is Cc1cc(C(=O)O)ccc1/N=C(\NN)c1ccc(F)cc1. The van der Waals surface area contributed by atoms with Crippen LogP contribution in [0.15, 0.2) is 47.5 Å². The number of amidine groups is 1. The maximum atomic E-state index is 12.9. The molecule has 0 saturated carbocycles. The van der Waals surface area contributed by atoms with E-state index >= 15 is 0 Å². The molecule has 0 radical (unpaired) electrons. The minimum atomic E-state index is -0.996. The van der Waals surface area contributed by atoms with E-state index in [0.717, 1.165) is 0 Å². The fraction of sp³-hybridized carbons (Fsp3) is 0.0667. The fourth-order valence-corrected chi connectivity index (χ4v) is 1.82. The standard InChI is InChI=1S/C15H14FN3O2/c1-9-8-11(15(20)21)4-7-13(9)18-14(19-17)10-2-5-12(16)6-3-10/h2-8H,17H2,1H3,(H,18,19)(H,20,21). The highest BCUT2D eigenvalue weighted by molar-refractivity contribution is 6.00. The van der Waals surface area contributed by atoms with Gasteiger partial charge in [-0.25, -0.2) is 20.0 Å². The van der Waals surface area contributed by atoms with Crippen molar-refractivity contribution in [2.24, 2.45) is 10.8 Å². The Labute approximate surface area is 120 Å². The molecule has 0 aliphatic carbocycles. The van der Waals surface area contributed by atoms with Crippen LogP contribution in [0.4, 0.5) is 10.1 Å². The number of halogens is 1. The van der Waals surface area contributed by atoms with Gasteiger partial charge in [-0.3, -0.25) is 0 Å². The van der Waals surface area contributed by atoms with Gasteiger partial charge in [0.25, 0.3) is 0 Å². The number of nitrogens with zero attached hydrogens (tertiary/aromatic N) is 1. The quantitative estimate of drug-likeness (QED) is 0.350. The van der Waals surface area contributed by atoms with Crippen LogP contribution < -0.4 is 11.3 Å². The summed E-state index contributed by atoms with van der Waals surface area (Å²) in [7, 11) is 0. The highest BCUT2D eigenvalue weighted by atomic mass is 19.1. The Morgan fingerprint density at radius 1 is 1.19 bits per heavy atom. The van der Waals surface area contributed by atoms with E-state index in [-0.39, 0.29) is 11.4 Å². The van der Waals surface area contributed by atoms with Crippen LogP contribution in [0.25, 0.3) is 0 Å². The van der Waals surface area contributed by atoms with E-state index in [4.69, 9.17) is 10.9 Å². The summed E-state index contributed by atoms with van der Waals surface area (Å²) in [5.74, 6) is 4.47. The van der Waals surface area contributed by atoms with E-state index in [9.17, 15) is 9.18 Å². The highest BCUT2D eigenvalue weighted by Gasteiger charge is 2.07. The van der Waals surface area contributed by atoms with Crippen molar-refractivity contribution in [2.45, 2.75) is 6.92 Å². The van der Waals surface area contributed by atoms with E-state index in [1.165, 1.54) is 24.3 Å². The van der Waals surface area contributed by atoms with Crippen molar-refractivity contribution in [2.75, 3.05) is 0 Å². The summed E-state index contributed by atoms with van der Waals surface area (Å²) in [6.45, 7) is 1.75. The zero-order chi connectivity index (χ0) is 15.4. The van der Waals surface area contributed by atoms with Gasteiger partial charge >= 0.3 is 5.97 Å². The van der Waals surface area contributed by atoms with Crippen molar-refractivity contribution in [1.29, 1.82) is 0 Å². The Hall–Kier alpha value is -2.73. The number of aromatic carboxylic acids is 1. The van der Waals surface area contributed by atoms with Gasteiger partial charge in [0.15, 0.2) is 0 Å². The van der Waals surface area contributed by atoms with E-state index in [1.54, 1.807) is 25.1 Å². The number of aryl methyl sites for hydroxylation is 1. The number of rotatable bonds is 3. The molecule has 0 fully saturated rings. The van der Waals surface area contributed by atoms with Crippen LogP contribution in [0.1, 0.15) is 21.5 Å². The number of nitrogens with one attached hydrogen (secondary N) is 1. The summed E-state index contributed by atoms with van der Waals surface area (Å²) < 4.78 is 12.9. The van der Waals surface area contributed by atoms with Gasteiger partial charge < -0.3 is 10.5 Å². The second-order valence-electron chi connectivity index (χ2n) is 4.42. The summed E-state index contributed by atoms with van der Waals surface area (Å²) in [4.78, 5) is 15.2. The molecule has 2 aromatic carbocycles. The molecule has 6 heteroatoms. The number of carboxylic acids is 1. The highest BCUT2D eigenvalue weighted by Crippen LogP contribution is 2.21. The van der Waals surface area contributed by atoms with Gasteiger partial charge in [-0.05, 0) is 55.0 Å². The summed E-state index contributed by atoms with van der Waals surface area (Å²) >= 11 is 0. The third-order valence-electron chi connectivity index (χ3n) is 2.93.